The summed E-state index contributed by atoms with van der Waals surface area (Å²) in [7, 11) is 0. The molecule has 0 bridgehead atoms. The number of pyridine rings is 2. The van der Waals surface area contributed by atoms with Crippen LogP contribution >= 0.6 is 0 Å². The van der Waals surface area contributed by atoms with Gasteiger partial charge in [0.1, 0.15) is 11.6 Å². The third-order valence-corrected chi connectivity index (χ3v) is 3.48. The Hall–Kier alpha value is -2.62. The molecule has 0 saturated carbocycles. The van der Waals surface area contributed by atoms with Crippen molar-refractivity contribution in [2.75, 3.05) is 11.9 Å². The third kappa shape index (κ3) is 2.86. The zero-order valence-electron chi connectivity index (χ0n) is 13.1. The van der Waals surface area contributed by atoms with E-state index < -0.39 is 0 Å². The Morgan fingerprint density at radius 2 is 2.00 bits per heavy atom. The lowest BCUT2D eigenvalue weighted by molar-refractivity contribution is 0.340. The van der Waals surface area contributed by atoms with Crippen molar-refractivity contribution in [3.63, 3.8) is 0 Å². The van der Waals surface area contributed by atoms with Crippen molar-refractivity contribution in [2.24, 2.45) is 0 Å². The van der Waals surface area contributed by atoms with E-state index in [1.807, 2.05) is 57.2 Å². The van der Waals surface area contributed by atoms with Gasteiger partial charge in [-0.1, -0.05) is 6.07 Å². The predicted molar refractivity (Wildman–Crippen MR) is 89.9 cm³/mol. The SMILES string of the molecule is CCOc1ccc2nc(C)cc(Nc3ncccc3C)c2c1. The number of anilines is 2. The smallest absolute Gasteiger partial charge is 0.133 e. The molecule has 0 aliphatic heterocycles. The average Bonchev–Trinajstić information content (AvgIpc) is 2.50. The van der Waals surface area contributed by atoms with E-state index in [0.29, 0.717) is 6.61 Å². The van der Waals surface area contributed by atoms with Crippen molar-refractivity contribution < 1.29 is 4.74 Å². The number of rotatable bonds is 4. The first-order chi connectivity index (χ1) is 10.7. The summed E-state index contributed by atoms with van der Waals surface area (Å²) in [6.07, 6.45) is 1.79. The number of benzene rings is 1. The van der Waals surface area contributed by atoms with Crippen LogP contribution in [0.1, 0.15) is 18.2 Å². The predicted octanol–water partition coefficient (Wildman–Crippen LogP) is 4.39. The van der Waals surface area contributed by atoms with Gasteiger partial charge in [-0.3, -0.25) is 4.98 Å². The lowest BCUT2D eigenvalue weighted by atomic mass is 10.1. The van der Waals surface area contributed by atoms with Crippen molar-refractivity contribution in [3.05, 3.63) is 53.9 Å². The zero-order chi connectivity index (χ0) is 15.5. The fraction of sp³-hybridized carbons (Fsp3) is 0.222. The second-order valence-electron chi connectivity index (χ2n) is 5.22. The summed E-state index contributed by atoms with van der Waals surface area (Å²) in [6, 6.07) is 12.0. The number of hydrogen-bond acceptors (Lipinski definition) is 4. The number of aryl methyl sites for hydroxylation is 2. The highest BCUT2D eigenvalue weighted by atomic mass is 16.5. The molecular formula is C18H19N3O. The van der Waals surface area contributed by atoms with Gasteiger partial charge in [0.25, 0.3) is 0 Å². The third-order valence-electron chi connectivity index (χ3n) is 3.48. The van der Waals surface area contributed by atoms with Crippen LogP contribution in [0.2, 0.25) is 0 Å². The second-order valence-corrected chi connectivity index (χ2v) is 5.22. The standard InChI is InChI=1S/C18H19N3O/c1-4-22-14-7-8-16-15(11-14)17(10-13(3)20-16)21-18-12(2)6-5-9-19-18/h5-11H,4H2,1-3H3,(H,19,20,21). The molecule has 4 nitrogen and oxygen atoms in total. The first-order valence-electron chi connectivity index (χ1n) is 7.40. The molecule has 0 fully saturated rings. The van der Waals surface area contributed by atoms with Gasteiger partial charge in [0, 0.05) is 17.3 Å². The van der Waals surface area contributed by atoms with Gasteiger partial charge in [0.05, 0.1) is 17.8 Å². The van der Waals surface area contributed by atoms with Gasteiger partial charge in [-0.15, -0.1) is 0 Å². The van der Waals surface area contributed by atoms with E-state index in [1.165, 1.54) is 0 Å². The molecule has 0 unspecified atom stereocenters. The van der Waals surface area contributed by atoms with Crippen LogP contribution in [-0.2, 0) is 0 Å². The Bertz CT molecular complexity index is 815. The van der Waals surface area contributed by atoms with E-state index in [2.05, 4.69) is 15.3 Å². The molecule has 2 aromatic heterocycles. The van der Waals surface area contributed by atoms with Crippen molar-refractivity contribution in [2.45, 2.75) is 20.8 Å². The minimum atomic E-state index is 0.646. The minimum absolute atomic E-state index is 0.646. The maximum absolute atomic E-state index is 5.60. The summed E-state index contributed by atoms with van der Waals surface area (Å²) in [5.74, 6) is 1.71. The van der Waals surface area contributed by atoms with Crippen molar-refractivity contribution >= 4 is 22.4 Å². The molecule has 3 aromatic rings. The molecule has 0 atom stereocenters. The van der Waals surface area contributed by atoms with Crippen molar-refractivity contribution in [1.82, 2.24) is 9.97 Å². The fourth-order valence-electron chi connectivity index (χ4n) is 2.44. The summed E-state index contributed by atoms with van der Waals surface area (Å²) in [6.45, 7) is 6.66. The van der Waals surface area contributed by atoms with E-state index in [1.54, 1.807) is 6.20 Å². The molecule has 0 radical (unpaired) electrons. The molecule has 0 aliphatic rings. The van der Waals surface area contributed by atoms with Crippen LogP contribution in [0.25, 0.3) is 10.9 Å². The van der Waals surface area contributed by atoms with Gasteiger partial charge in [0.15, 0.2) is 0 Å². The van der Waals surface area contributed by atoms with E-state index >= 15 is 0 Å². The quantitative estimate of drug-likeness (QED) is 0.775. The monoisotopic (exact) mass is 293 g/mol. The van der Waals surface area contributed by atoms with Crippen LogP contribution < -0.4 is 10.1 Å². The Morgan fingerprint density at radius 3 is 2.77 bits per heavy atom. The highest BCUT2D eigenvalue weighted by molar-refractivity contribution is 5.94. The van der Waals surface area contributed by atoms with Crippen LogP contribution in [0.5, 0.6) is 5.75 Å². The number of aromatic nitrogens is 2. The average molecular weight is 293 g/mol. The number of fused-ring (bicyclic) bond motifs is 1. The fourth-order valence-corrected chi connectivity index (χ4v) is 2.44. The van der Waals surface area contributed by atoms with Crippen molar-refractivity contribution in [3.8, 4) is 5.75 Å². The van der Waals surface area contributed by atoms with Crippen LogP contribution in [-0.4, -0.2) is 16.6 Å². The van der Waals surface area contributed by atoms with Gasteiger partial charge < -0.3 is 10.1 Å². The van der Waals surface area contributed by atoms with Crippen LogP contribution in [0.3, 0.4) is 0 Å². The Morgan fingerprint density at radius 1 is 1.14 bits per heavy atom. The van der Waals surface area contributed by atoms with E-state index in [4.69, 9.17) is 4.74 Å². The molecular weight excluding hydrogens is 274 g/mol. The molecule has 0 saturated heterocycles. The van der Waals surface area contributed by atoms with Gasteiger partial charge in [-0.05, 0) is 56.7 Å². The summed E-state index contributed by atoms with van der Waals surface area (Å²) < 4.78 is 5.60. The summed E-state index contributed by atoms with van der Waals surface area (Å²) in [4.78, 5) is 8.99. The molecule has 22 heavy (non-hydrogen) atoms. The highest BCUT2D eigenvalue weighted by Gasteiger charge is 2.08. The topological polar surface area (TPSA) is 47.0 Å². The molecule has 0 amide bonds. The molecule has 4 heteroatoms. The lowest BCUT2D eigenvalue weighted by Crippen LogP contribution is -1.99. The summed E-state index contributed by atoms with van der Waals surface area (Å²) in [5, 5.41) is 4.45. The van der Waals surface area contributed by atoms with Crippen molar-refractivity contribution in [1.29, 1.82) is 0 Å². The van der Waals surface area contributed by atoms with Gasteiger partial charge in [-0.2, -0.15) is 0 Å². The molecule has 1 N–H and O–H groups in total. The number of ether oxygens (including phenoxy) is 1. The van der Waals surface area contributed by atoms with Gasteiger partial charge in [0.2, 0.25) is 0 Å². The van der Waals surface area contributed by atoms with Crippen LogP contribution in [0, 0.1) is 13.8 Å². The highest BCUT2D eigenvalue weighted by Crippen LogP contribution is 2.29. The molecule has 0 spiro atoms. The number of nitrogens with one attached hydrogen (secondary N) is 1. The normalized spacial score (nSPS) is 10.7. The maximum atomic E-state index is 5.60. The number of nitrogens with zero attached hydrogens (tertiary/aromatic N) is 2. The van der Waals surface area contributed by atoms with E-state index in [9.17, 15) is 0 Å². The minimum Gasteiger partial charge on any atom is -0.494 e. The second kappa shape index (κ2) is 6.02. The lowest BCUT2D eigenvalue weighted by Gasteiger charge is -2.13. The van der Waals surface area contributed by atoms with Gasteiger partial charge in [-0.25, -0.2) is 4.98 Å². The first kappa shape index (κ1) is 14.3. The molecule has 1 aromatic carbocycles. The van der Waals surface area contributed by atoms with Crippen LogP contribution in [0.15, 0.2) is 42.6 Å². The Labute approximate surface area is 130 Å². The zero-order valence-corrected chi connectivity index (χ0v) is 13.1. The first-order valence-corrected chi connectivity index (χ1v) is 7.40. The maximum Gasteiger partial charge on any atom is 0.133 e. The molecule has 2 heterocycles. The summed E-state index contributed by atoms with van der Waals surface area (Å²) in [5.41, 5.74) is 4.00. The Kier molecular flexibility index (Phi) is 3.92. The summed E-state index contributed by atoms with van der Waals surface area (Å²) >= 11 is 0. The molecule has 0 aliphatic carbocycles. The van der Waals surface area contributed by atoms with E-state index in [0.717, 1.165) is 39.4 Å². The largest absolute Gasteiger partial charge is 0.494 e. The van der Waals surface area contributed by atoms with E-state index in [-0.39, 0.29) is 0 Å². The molecule has 112 valence electrons. The van der Waals surface area contributed by atoms with Gasteiger partial charge >= 0.3 is 0 Å². The molecule has 3 rings (SSSR count). The Balaban J connectivity index is 2.10. The number of hydrogen-bond donors (Lipinski definition) is 1. The van der Waals surface area contributed by atoms with Crippen LogP contribution in [0.4, 0.5) is 11.5 Å².